The van der Waals surface area contributed by atoms with Crippen LogP contribution in [0.4, 0.5) is 0 Å². The van der Waals surface area contributed by atoms with E-state index in [0.29, 0.717) is 24.4 Å². The molecule has 0 saturated heterocycles. The third-order valence-electron chi connectivity index (χ3n) is 3.36. The summed E-state index contributed by atoms with van der Waals surface area (Å²) < 4.78 is 6.07. The Morgan fingerprint density at radius 1 is 1.26 bits per heavy atom. The largest absolute Gasteiger partial charge is 0.385 e. The minimum Gasteiger partial charge on any atom is -0.385 e. The van der Waals surface area contributed by atoms with Gasteiger partial charge in [-0.25, -0.2) is 4.98 Å². The first-order chi connectivity index (χ1) is 11.3. The number of para-hydroxylation sites is 1. The molecule has 0 fully saturated rings. The minimum absolute atomic E-state index is 0.136. The predicted octanol–water partition coefficient (Wildman–Crippen LogP) is 3.12. The highest BCUT2D eigenvalue weighted by atomic mass is 32.1. The van der Waals surface area contributed by atoms with Gasteiger partial charge in [-0.15, -0.1) is 11.3 Å². The molecule has 0 atom stereocenters. The summed E-state index contributed by atoms with van der Waals surface area (Å²) in [7, 11) is 1.65. The average molecular weight is 327 g/mol. The number of fused-ring (bicyclic) bond motifs is 1. The first-order valence-corrected chi connectivity index (χ1v) is 8.19. The Balaban J connectivity index is 1.86. The van der Waals surface area contributed by atoms with E-state index >= 15 is 0 Å². The molecule has 6 heteroatoms. The molecular weight excluding hydrogens is 310 g/mol. The lowest BCUT2D eigenvalue weighted by Crippen LogP contribution is -2.26. The van der Waals surface area contributed by atoms with Gasteiger partial charge in [-0.05, 0) is 30.7 Å². The Morgan fingerprint density at radius 2 is 2.13 bits per heavy atom. The normalized spacial score (nSPS) is 10.8. The van der Waals surface area contributed by atoms with Crippen LogP contribution in [0.3, 0.4) is 0 Å². The fraction of sp³-hybridized carbons (Fsp3) is 0.235. The smallest absolute Gasteiger partial charge is 0.253 e. The van der Waals surface area contributed by atoms with Gasteiger partial charge >= 0.3 is 0 Å². The third kappa shape index (κ3) is 3.55. The van der Waals surface area contributed by atoms with E-state index in [0.717, 1.165) is 21.6 Å². The molecule has 0 saturated carbocycles. The number of benzene rings is 1. The van der Waals surface area contributed by atoms with E-state index < -0.39 is 0 Å². The second kappa shape index (κ2) is 7.30. The number of rotatable bonds is 6. The summed E-state index contributed by atoms with van der Waals surface area (Å²) in [5.41, 5.74) is 2.09. The van der Waals surface area contributed by atoms with Crippen molar-refractivity contribution in [2.45, 2.75) is 6.42 Å². The molecule has 0 spiro atoms. The summed E-state index contributed by atoms with van der Waals surface area (Å²) in [6.07, 6.45) is 2.46. The number of amides is 1. The number of pyridine rings is 1. The number of thiazole rings is 1. The number of nitrogens with one attached hydrogen (secondary N) is 1. The summed E-state index contributed by atoms with van der Waals surface area (Å²) in [5, 5.41) is 3.65. The van der Waals surface area contributed by atoms with Gasteiger partial charge in [0.25, 0.3) is 5.91 Å². The number of methoxy groups -OCH3 is 1. The van der Waals surface area contributed by atoms with E-state index in [1.54, 1.807) is 36.8 Å². The van der Waals surface area contributed by atoms with Gasteiger partial charge in [0.1, 0.15) is 10.7 Å². The summed E-state index contributed by atoms with van der Waals surface area (Å²) in [5.74, 6) is -0.136. The maximum atomic E-state index is 12.4. The number of carbonyl (C=O) groups is 1. The van der Waals surface area contributed by atoms with E-state index in [-0.39, 0.29) is 5.91 Å². The quantitative estimate of drug-likeness (QED) is 0.707. The van der Waals surface area contributed by atoms with Crippen LogP contribution in [0.25, 0.3) is 20.9 Å². The lowest BCUT2D eigenvalue weighted by atomic mass is 10.2. The maximum absolute atomic E-state index is 12.4. The van der Waals surface area contributed by atoms with Gasteiger partial charge in [0, 0.05) is 26.5 Å². The summed E-state index contributed by atoms with van der Waals surface area (Å²) >= 11 is 1.54. The first-order valence-electron chi connectivity index (χ1n) is 7.37. The van der Waals surface area contributed by atoms with Gasteiger partial charge in [0.15, 0.2) is 0 Å². The Kier molecular flexibility index (Phi) is 4.95. The molecule has 0 radical (unpaired) electrons. The molecule has 1 amide bonds. The fourth-order valence-corrected chi connectivity index (χ4v) is 3.22. The number of ether oxygens (including phenoxy) is 1. The first kappa shape index (κ1) is 15.6. The highest BCUT2D eigenvalue weighted by molar-refractivity contribution is 7.21. The van der Waals surface area contributed by atoms with E-state index in [1.807, 2.05) is 24.3 Å². The average Bonchev–Trinajstić information content (AvgIpc) is 3.02. The SMILES string of the molecule is COCCCNC(=O)c1cccnc1-c1nc2ccccc2s1. The topological polar surface area (TPSA) is 64.1 Å². The van der Waals surface area contributed by atoms with Gasteiger partial charge in [0.05, 0.1) is 15.8 Å². The van der Waals surface area contributed by atoms with Crippen molar-refractivity contribution in [3.63, 3.8) is 0 Å². The number of hydrogen-bond donors (Lipinski definition) is 1. The molecular formula is C17H17N3O2S. The molecule has 118 valence electrons. The molecule has 0 aliphatic carbocycles. The van der Waals surface area contributed by atoms with Crippen molar-refractivity contribution in [2.24, 2.45) is 0 Å². The lowest BCUT2D eigenvalue weighted by Gasteiger charge is -2.07. The van der Waals surface area contributed by atoms with Crippen LogP contribution < -0.4 is 5.32 Å². The Labute approximate surface area is 138 Å². The molecule has 3 aromatic rings. The Hall–Kier alpha value is -2.31. The van der Waals surface area contributed by atoms with Crippen LogP contribution in [0.2, 0.25) is 0 Å². The van der Waals surface area contributed by atoms with Gasteiger partial charge in [-0.1, -0.05) is 12.1 Å². The number of hydrogen-bond acceptors (Lipinski definition) is 5. The van der Waals surface area contributed by atoms with Crippen LogP contribution in [0.5, 0.6) is 0 Å². The van der Waals surface area contributed by atoms with Crippen molar-refractivity contribution in [3.8, 4) is 10.7 Å². The molecule has 0 aliphatic rings. The molecule has 3 rings (SSSR count). The number of carbonyl (C=O) groups excluding carboxylic acids is 1. The van der Waals surface area contributed by atoms with Crippen LogP contribution in [0, 0.1) is 0 Å². The van der Waals surface area contributed by atoms with Crippen LogP contribution in [0.1, 0.15) is 16.8 Å². The van der Waals surface area contributed by atoms with E-state index in [4.69, 9.17) is 4.74 Å². The minimum atomic E-state index is -0.136. The second-order valence-corrected chi connectivity index (χ2v) is 6.02. The summed E-state index contributed by atoms with van der Waals surface area (Å²) in [4.78, 5) is 21.4. The van der Waals surface area contributed by atoms with Gasteiger partial charge in [0.2, 0.25) is 0 Å². The van der Waals surface area contributed by atoms with Crippen molar-refractivity contribution in [2.75, 3.05) is 20.3 Å². The van der Waals surface area contributed by atoms with Crippen LogP contribution in [-0.2, 0) is 4.74 Å². The van der Waals surface area contributed by atoms with Crippen LogP contribution in [-0.4, -0.2) is 36.1 Å². The zero-order valence-electron chi connectivity index (χ0n) is 12.8. The van der Waals surface area contributed by atoms with Crippen molar-refractivity contribution in [1.29, 1.82) is 0 Å². The van der Waals surface area contributed by atoms with Crippen LogP contribution >= 0.6 is 11.3 Å². The van der Waals surface area contributed by atoms with E-state index in [9.17, 15) is 4.79 Å². The molecule has 1 N–H and O–H groups in total. The number of nitrogens with zero attached hydrogens (tertiary/aromatic N) is 2. The van der Waals surface area contributed by atoms with E-state index in [1.165, 1.54) is 0 Å². The molecule has 2 aromatic heterocycles. The monoisotopic (exact) mass is 327 g/mol. The zero-order valence-corrected chi connectivity index (χ0v) is 13.6. The molecule has 0 aliphatic heterocycles. The standard InChI is InChI=1S/C17H17N3O2S/c1-22-11-5-10-19-16(21)12-6-4-9-18-15(12)17-20-13-7-2-3-8-14(13)23-17/h2-4,6-9H,5,10-11H2,1H3,(H,19,21). The molecule has 2 heterocycles. The maximum Gasteiger partial charge on any atom is 0.253 e. The van der Waals surface area contributed by atoms with Crippen LogP contribution in [0.15, 0.2) is 42.6 Å². The molecule has 1 aromatic carbocycles. The second-order valence-electron chi connectivity index (χ2n) is 4.99. The highest BCUT2D eigenvalue weighted by Gasteiger charge is 2.16. The Bertz CT molecular complexity index is 783. The van der Waals surface area contributed by atoms with Gasteiger partial charge in [-0.2, -0.15) is 0 Å². The summed E-state index contributed by atoms with van der Waals surface area (Å²) in [6.45, 7) is 1.19. The molecule has 5 nitrogen and oxygen atoms in total. The molecule has 0 bridgehead atoms. The Morgan fingerprint density at radius 3 is 2.96 bits per heavy atom. The van der Waals surface area contributed by atoms with Crippen molar-refractivity contribution < 1.29 is 9.53 Å². The highest BCUT2D eigenvalue weighted by Crippen LogP contribution is 2.30. The molecule has 0 unspecified atom stereocenters. The van der Waals surface area contributed by atoms with E-state index in [2.05, 4.69) is 15.3 Å². The third-order valence-corrected chi connectivity index (χ3v) is 4.40. The fourth-order valence-electron chi connectivity index (χ4n) is 2.25. The van der Waals surface area contributed by atoms with Crippen molar-refractivity contribution >= 4 is 27.5 Å². The van der Waals surface area contributed by atoms with Gasteiger partial charge in [-0.3, -0.25) is 9.78 Å². The van der Waals surface area contributed by atoms with Gasteiger partial charge < -0.3 is 10.1 Å². The number of aromatic nitrogens is 2. The summed E-state index contributed by atoms with van der Waals surface area (Å²) in [6, 6.07) is 11.5. The lowest BCUT2D eigenvalue weighted by molar-refractivity contribution is 0.0949. The molecule has 23 heavy (non-hydrogen) atoms. The van der Waals surface area contributed by atoms with Crippen molar-refractivity contribution in [3.05, 3.63) is 48.2 Å². The van der Waals surface area contributed by atoms with Crippen molar-refractivity contribution in [1.82, 2.24) is 15.3 Å². The predicted molar refractivity (Wildman–Crippen MR) is 91.7 cm³/mol. The zero-order chi connectivity index (χ0) is 16.1.